The fraction of sp³-hybridized carbons (Fsp3) is 0.0286. The Kier molecular flexibility index (Phi) is 5.93. The minimum absolute atomic E-state index is 0.0869. The number of nitrogens with zero attached hydrogens (tertiary/aromatic N) is 3. The van der Waals surface area contributed by atoms with E-state index >= 15 is 0 Å². The smallest absolute Gasteiger partial charge is 0.264 e. The largest absolute Gasteiger partial charge is 0.296 e. The summed E-state index contributed by atoms with van der Waals surface area (Å²) in [6, 6.07) is 35.4. The molecule has 4 heteroatoms. The van der Waals surface area contributed by atoms with Crippen LogP contribution in [0.1, 0.15) is 18.1 Å². The number of para-hydroxylation sites is 1. The summed E-state index contributed by atoms with van der Waals surface area (Å²) in [5.41, 5.74) is 5.77. The van der Waals surface area contributed by atoms with Crippen molar-refractivity contribution >= 4 is 46.4 Å². The van der Waals surface area contributed by atoms with Crippen molar-refractivity contribution in [2.75, 3.05) is 0 Å². The fourth-order valence-electron chi connectivity index (χ4n) is 5.18. The second kappa shape index (κ2) is 9.58. The van der Waals surface area contributed by atoms with Crippen LogP contribution in [-0.2, 0) is 0 Å². The minimum atomic E-state index is -0.0869. The quantitative estimate of drug-likeness (QED) is 0.256. The monoisotopic (exact) mass is 505 g/mol. The maximum atomic E-state index is 14.0. The number of rotatable bonds is 5. The lowest BCUT2D eigenvalue weighted by Gasteiger charge is -2.15. The molecule has 0 atom stereocenters. The molecule has 0 bridgehead atoms. The molecule has 0 aliphatic rings. The molecule has 0 saturated heterocycles. The first-order valence-corrected chi connectivity index (χ1v) is 12.8. The number of aliphatic imine (C=N–C) groups is 1. The summed E-state index contributed by atoms with van der Waals surface area (Å²) in [6.07, 6.45) is 0. The van der Waals surface area contributed by atoms with Gasteiger partial charge in [0, 0.05) is 32.7 Å². The van der Waals surface area contributed by atoms with Crippen LogP contribution in [0, 0.1) is 0 Å². The molecule has 0 unspecified atom stereocenters. The first-order valence-electron chi connectivity index (χ1n) is 12.8. The van der Waals surface area contributed by atoms with Crippen LogP contribution >= 0.6 is 0 Å². The van der Waals surface area contributed by atoms with E-state index in [1.807, 2.05) is 115 Å². The number of fused-ring (bicyclic) bond motifs is 3. The molecule has 2 heterocycles. The molecular formula is C35H27N3O. The van der Waals surface area contributed by atoms with Crippen molar-refractivity contribution in [3.8, 4) is 11.4 Å². The zero-order chi connectivity index (χ0) is 27.1. The van der Waals surface area contributed by atoms with E-state index in [0.717, 1.165) is 55.2 Å². The molecule has 188 valence electrons. The third-order valence-corrected chi connectivity index (χ3v) is 7.14. The maximum Gasteiger partial charge on any atom is 0.264 e. The average molecular weight is 506 g/mol. The molecule has 0 spiro atoms. The van der Waals surface area contributed by atoms with Crippen molar-refractivity contribution in [3.05, 3.63) is 148 Å². The van der Waals surface area contributed by atoms with E-state index in [9.17, 15) is 4.79 Å². The van der Waals surface area contributed by atoms with Gasteiger partial charge >= 0.3 is 0 Å². The Morgan fingerprint density at radius 3 is 2.00 bits per heavy atom. The standard InChI is InChI=1S/C35H27N3O/c1-23-26(4)37(30-19-13-16-28(22-30)25(3)36-24(2)27-14-7-5-8-15-27)34-33(23)31-20-11-12-21-32(31)35(39)38(34)29-17-9-6-10-18-29/h5-22H,1-2,4H2,3H3. The average Bonchev–Trinajstić information content (AvgIpc) is 3.24. The van der Waals surface area contributed by atoms with Crippen molar-refractivity contribution in [3.63, 3.8) is 0 Å². The van der Waals surface area contributed by atoms with Gasteiger partial charge < -0.3 is 0 Å². The second-order valence-corrected chi connectivity index (χ2v) is 9.54. The van der Waals surface area contributed by atoms with E-state index in [-0.39, 0.29) is 5.56 Å². The van der Waals surface area contributed by atoms with E-state index in [4.69, 9.17) is 4.99 Å². The summed E-state index contributed by atoms with van der Waals surface area (Å²) in [7, 11) is 0. The van der Waals surface area contributed by atoms with Gasteiger partial charge in [-0.15, -0.1) is 0 Å². The van der Waals surface area contributed by atoms with Gasteiger partial charge in [0.1, 0.15) is 5.65 Å². The Hall–Kier alpha value is -5.22. The summed E-state index contributed by atoms with van der Waals surface area (Å²) in [6.45, 7) is 15.0. The van der Waals surface area contributed by atoms with Crippen molar-refractivity contribution in [1.82, 2.24) is 9.13 Å². The molecular weight excluding hydrogens is 478 g/mol. The van der Waals surface area contributed by atoms with Gasteiger partial charge in [-0.3, -0.25) is 18.9 Å². The van der Waals surface area contributed by atoms with E-state index in [0.29, 0.717) is 11.1 Å². The van der Waals surface area contributed by atoms with Crippen molar-refractivity contribution in [2.45, 2.75) is 6.92 Å². The predicted octanol–water partition coefficient (Wildman–Crippen LogP) is 6.24. The topological polar surface area (TPSA) is 39.3 Å². The highest BCUT2D eigenvalue weighted by molar-refractivity contribution is 6.06. The Labute approximate surface area is 226 Å². The van der Waals surface area contributed by atoms with Crippen LogP contribution in [0.4, 0.5) is 0 Å². The highest BCUT2D eigenvalue weighted by Gasteiger charge is 2.19. The van der Waals surface area contributed by atoms with E-state index in [1.54, 1.807) is 4.57 Å². The highest BCUT2D eigenvalue weighted by atomic mass is 16.1. The van der Waals surface area contributed by atoms with Crippen LogP contribution in [0.2, 0.25) is 0 Å². The van der Waals surface area contributed by atoms with Crippen molar-refractivity contribution in [2.24, 2.45) is 4.99 Å². The van der Waals surface area contributed by atoms with Crippen LogP contribution < -0.4 is 16.1 Å². The lowest BCUT2D eigenvalue weighted by Crippen LogP contribution is -2.26. The van der Waals surface area contributed by atoms with Gasteiger partial charge in [0.25, 0.3) is 5.56 Å². The molecule has 6 rings (SSSR count). The Morgan fingerprint density at radius 2 is 1.28 bits per heavy atom. The van der Waals surface area contributed by atoms with Crippen LogP contribution in [0.3, 0.4) is 0 Å². The first kappa shape index (κ1) is 24.1. The predicted molar refractivity (Wildman–Crippen MR) is 164 cm³/mol. The van der Waals surface area contributed by atoms with Gasteiger partial charge in [0.2, 0.25) is 0 Å². The summed E-state index contributed by atoms with van der Waals surface area (Å²) >= 11 is 0. The maximum absolute atomic E-state index is 14.0. The van der Waals surface area contributed by atoms with E-state index < -0.39 is 0 Å². The number of aromatic nitrogens is 2. The van der Waals surface area contributed by atoms with Crippen molar-refractivity contribution in [1.29, 1.82) is 0 Å². The van der Waals surface area contributed by atoms with Gasteiger partial charge in [-0.25, -0.2) is 0 Å². The summed E-state index contributed by atoms with van der Waals surface area (Å²) in [4.78, 5) is 18.8. The minimum Gasteiger partial charge on any atom is -0.296 e. The Balaban J connectivity index is 1.63. The number of pyridine rings is 1. The van der Waals surface area contributed by atoms with Gasteiger partial charge in [-0.05, 0) is 53.8 Å². The molecule has 2 aromatic heterocycles. The molecule has 0 saturated carbocycles. The normalized spacial score (nSPS) is 11.8. The molecule has 6 aromatic rings. The molecule has 0 aliphatic heterocycles. The third kappa shape index (κ3) is 4.03. The zero-order valence-electron chi connectivity index (χ0n) is 21.8. The lowest BCUT2D eigenvalue weighted by molar-refractivity contribution is 0.964. The molecule has 4 nitrogen and oxygen atoms in total. The van der Waals surface area contributed by atoms with E-state index in [2.05, 4.69) is 25.8 Å². The molecule has 39 heavy (non-hydrogen) atoms. The Bertz CT molecular complexity index is 2080. The van der Waals surface area contributed by atoms with E-state index in [1.165, 1.54) is 0 Å². The zero-order valence-corrected chi connectivity index (χ0v) is 21.8. The Morgan fingerprint density at radius 1 is 0.692 bits per heavy atom. The van der Waals surface area contributed by atoms with Crippen LogP contribution in [0.15, 0.2) is 126 Å². The molecule has 0 aliphatic carbocycles. The number of hydrogen-bond acceptors (Lipinski definition) is 2. The van der Waals surface area contributed by atoms with Gasteiger partial charge in [0.15, 0.2) is 0 Å². The number of hydrogen-bond donors (Lipinski definition) is 0. The van der Waals surface area contributed by atoms with Crippen molar-refractivity contribution < 1.29 is 0 Å². The van der Waals surface area contributed by atoms with Gasteiger partial charge in [0.05, 0.1) is 11.4 Å². The number of benzene rings is 4. The summed E-state index contributed by atoms with van der Waals surface area (Å²) in [5, 5.41) is 3.94. The second-order valence-electron chi connectivity index (χ2n) is 9.54. The lowest BCUT2D eigenvalue weighted by atomic mass is 10.1. The molecule has 0 amide bonds. The van der Waals surface area contributed by atoms with Gasteiger partial charge in [-0.2, -0.15) is 0 Å². The SMILES string of the molecule is C=C(N=C(C)c1cccc(-n2c(=C)c(=C)c3c4ccccc4c(=O)n(-c4ccccc4)c32)c1)c1ccccc1. The first-order chi connectivity index (χ1) is 19.0. The molecule has 0 radical (unpaired) electrons. The summed E-state index contributed by atoms with van der Waals surface area (Å²) in [5.74, 6) is 0. The fourth-order valence-corrected chi connectivity index (χ4v) is 5.18. The molecule has 4 aromatic carbocycles. The van der Waals surface area contributed by atoms with Crippen LogP contribution in [0.25, 0.3) is 52.0 Å². The highest BCUT2D eigenvalue weighted by Crippen LogP contribution is 2.25. The van der Waals surface area contributed by atoms with Gasteiger partial charge in [-0.1, -0.05) is 98.6 Å². The van der Waals surface area contributed by atoms with Crippen LogP contribution in [0.5, 0.6) is 0 Å². The molecule has 0 fully saturated rings. The third-order valence-electron chi connectivity index (χ3n) is 7.14. The van der Waals surface area contributed by atoms with Crippen LogP contribution in [-0.4, -0.2) is 14.8 Å². The molecule has 0 N–H and O–H groups in total. The summed E-state index contributed by atoms with van der Waals surface area (Å²) < 4.78 is 3.80.